The Morgan fingerprint density at radius 3 is 2.90 bits per heavy atom. The first-order chi connectivity index (χ1) is 9.72. The zero-order chi connectivity index (χ0) is 14.4. The summed E-state index contributed by atoms with van der Waals surface area (Å²) in [7, 11) is 1.75. The van der Waals surface area contributed by atoms with E-state index in [4.69, 9.17) is 0 Å². The molecule has 1 aromatic carbocycles. The van der Waals surface area contributed by atoms with Crippen LogP contribution >= 0.6 is 11.8 Å². The van der Waals surface area contributed by atoms with Gasteiger partial charge in [0, 0.05) is 12.7 Å². The van der Waals surface area contributed by atoms with Crippen LogP contribution in [0.4, 0.5) is 5.69 Å². The molecular formula is C13H15N5OS. The molecule has 0 aliphatic heterocycles. The van der Waals surface area contributed by atoms with E-state index in [-0.39, 0.29) is 11.7 Å². The van der Waals surface area contributed by atoms with Crippen molar-refractivity contribution in [2.24, 2.45) is 0 Å². The number of benzene rings is 1. The lowest BCUT2D eigenvalue weighted by atomic mass is 10.3. The standard InChI is InChI=1S/C13H15N5OS/c1-3-9-18-13(14-15-16-18)20-10-12(19)17(2)11-7-5-4-6-8-11/h3-8H,1,9-10H2,2H3. The highest BCUT2D eigenvalue weighted by Gasteiger charge is 2.13. The number of thioether (sulfide) groups is 1. The number of para-hydroxylation sites is 1. The lowest BCUT2D eigenvalue weighted by Crippen LogP contribution is -2.27. The molecule has 0 bridgehead atoms. The maximum atomic E-state index is 12.1. The number of tetrazole rings is 1. The van der Waals surface area contributed by atoms with Gasteiger partial charge in [0.1, 0.15) is 0 Å². The molecular weight excluding hydrogens is 274 g/mol. The van der Waals surface area contributed by atoms with Crippen LogP contribution in [0.5, 0.6) is 0 Å². The van der Waals surface area contributed by atoms with E-state index in [1.807, 2.05) is 30.3 Å². The second kappa shape index (κ2) is 6.85. The van der Waals surface area contributed by atoms with Gasteiger partial charge in [0.05, 0.1) is 12.3 Å². The molecule has 0 saturated carbocycles. The maximum absolute atomic E-state index is 12.1. The number of aromatic nitrogens is 4. The van der Waals surface area contributed by atoms with Crippen molar-refractivity contribution in [2.75, 3.05) is 17.7 Å². The Morgan fingerprint density at radius 1 is 1.45 bits per heavy atom. The van der Waals surface area contributed by atoms with Crippen molar-refractivity contribution < 1.29 is 4.79 Å². The van der Waals surface area contributed by atoms with Crippen LogP contribution in [0.15, 0.2) is 48.1 Å². The molecule has 2 rings (SSSR count). The van der Waals surface area contributed by atoms with Gasteiger partial charge in [-0.2, -0.15) is 0 Å². The fourth-order valence-corrected chi connectivity index (χ4v) is 2.36. The average Bonchev–Trinajstić information content (AvgIpc) is 2.92. The number of carbonyl (C=O) groups excluding carboxylic acids is 1. The number of hydrogen-bond donors (Lipinski definition) is 0. The molecule has 0 spiro atoms. The van der Waals surface area contributed by atoms with E-state index >= 15 is 0 Å². The molecule has 6 nitrogen and oxygen atoms in total. The lowest BCUT2D eigenvalue weighted by molar-refractivity contribution is -0.115. The monoisotopic (exact) mass is 289 g/mol. The van der Waals surface area contributed by atoms with Gasteiger partial charge in [-0.1, -0.05) is 36.0 Å². The number of carbonyl (C=O) groups is 1. The molecule has 0 N–H and O–H groups in total. The number of amides is 1. The fraction of sp³-hybridized carbons (Fsp3) is 0.231. The third-order valence-electron chi connectivity index (χ3n) is 2.64. The number of rotatable bonds is 6. The van der Waals surface area contributed by atoms with Crippen LogP contribution in [0.2, 0.25) is 0 Å². The van der Waals surface area contributed by atoms with Crippen molar-refractivity contribution in [2.45, 2.75) is 11.7 Å². The SMILES string of the molecule is C=CCn1nnnc1SCC(=O)N(C)c1ccccc1. The van der Waals surface area contributed by atoms with Crippen LogP contribution in [-0.2, 0) is 11.3 Å². The molecule has 1 amide bonds. The molecule has 20 heavy (non-hydrogen) atoms. The second-order valence-electron chi connectivity index (χ2n) is 4.01. The third kappa shape index (κ3) is 3.45. The summed E-state index contributed by atoms with van der Waals surface area (Å²) < 4.78 is 1.60. The highest BCUT2D eigenvalue weighted by molar-refractivity contribution is 7.99. The van der Waals surface area contributed by atoms with Gasteiger partial charge in [0.2, 0.25) is 11.1 Å². The van der Waals surface area contributed by atoms with E-state index in [1.165, 1.54) is 11.8 Å². The molecule has 0 radical (unpaired) electrons. The molecule has 0 unspecified atom stereocenters. The summed E-state index contributed by atoms with van der Waals surface area (Å²) in [5.41, 5.74) is 0.865. The molecule has 2 aromatic rings. The Labute approximate surface area is 121 Å². The van der Waals surface area contributed by atoms with Crippen molar-refractivity contribution in [3.05, 3.63) is 43.0 Å². The summed E-state index contributed by atoms with van der Waals surface area (Å²) in [6.07, 6.45) is 1.71. The molecule has 1 heterocycles. The zero-order valence-corrected chi connectivity index (χ0v) is 12.0. The number of allylic oxidation sites excluding steroid dienone is 1. The predicted octanol–water partition coefficient (Wildman–Crippen LogP) is 1.61. The highest BCUT2D eigenvalue weighted by Crippen LogP contribution is 2.17. The average molecular weight is 289 g/mol. The van der Waals surface area contributed by atoms with Crippen molar-refractivity contribution >= 4 is 23.4 Å². The summed E-state index contributed by atoms with van der Waals surface area (Å²) in [4.78, 5) is 13.7. The van der Waals surface area contributed by atoms with Gasteiger partial charge in [-0.15, -0.1) is 11.7 Å². The van der Waals surface area contributed by atoms with Gasteiger partial charge in [0.15, 0.2) is 0 Å². The topological polar surface area (TPSA) is 63.9 Å². The fourth-order valence-electron chi connectivity index (χ4n) is 1.56. The van der Waals surface area contributed by atoms with Gasteiger partial charge in [-0.05, 0) is 22.6 Å². The number of anilines is 1. The zero-order valence-electron chi connectivity index (χ0n) is 11.1. The highest BCUT2D eigenvalue weighted by atomic mass is 32.2. The van der Waals surface area contributed by atoms with Crippen LogP contribution in [0, 0.1) is 0 Å². The lowest BCUT2D eigenvalue weighted by Gasteiger charge is -2.16. The van der Waals surface area contributed by atoms with E-state index in [0.29, 0.717) is 11.7 Å². The van der Waals surface area contributed by atoms with Crippen LogP contribution < -0.4 is 4.90 Å². The van der Waals surface area contributed by atoms with Gasteiger partial charge >= 0.3 is 0 Å². The maximum Gasteiger partial charge on any atom is 0.237 e. The first-order valence-corrected chi connectivity index (χ1v) is 7.02. The minimum Gasteiger partial charge on any atom is -0.315 e. The quantitative estimate of drug-likeness (QED) is 0.597. The molecule has 0 fully saturated rings. The Kier molecular flexibility index (Phi) is 4.89. The van der Waals surface area contributed by atoms with E-state index in [9.17, 15) is 4.79 Å². The molecule has 1 aromatic heterocycles. The van der Waals surface area contributed by atoms with Crippen LogP contribution in [-0.4, -0.2) is 38.9 Å². The predicted molar refractivity (Wildman–Crippen MR) is 78.6 cm³/mol. The number of nitrogens with zero attached hydrogens (tertiary/aromatic N) is 5. The van der Waals surface area contributed by atoms with Crippen LogP contribution in [0.25, 0.3) is 0 Å². The van der Waals surface area contributed by atoms with E-state index < -0.39 is 0 Å². The van der Waals surface area contributed by atoms with Crippen molar-refractivity contribution in [3.8, 4) is 0 Å². The summed E-state index contributed by atoms with van der Waals surface area (Å²) in [6, 6.07) is 9.50. The summed E-state index contributed by atoms with van der Waals surface area (Å²) in [5, 5.41) is 11.9. The second-order valence-corrected chi connectivity index (χ2v) is 4.95. The molecule has 0 atom stereocenters. The molecule has 0 aliphatic rings. The Bertz CT molecular complexity index is 583. The van der Waals surface area contributed by atoms with Gasteiger partial charge in [-0.25, -0.2) is 4.68 Å². The summed E-state index contributed by atoms with van der Waals surface area (Å²) in [6.45, 7) is 4.16. The Balaban J connectivity index is 1.95. The molecule has 7 heteroatoms. The van der Waals surface area contributed by atoms with Crippen molar-refractivity contribution in [3.63, 3.8) is 0 Å². The Hall–Kier alpha value is -2.15. The minimum atomic E-state index is -0.00523. The largest absolute Gasteiger partial charge is 0.315 e. The summed E-state index contributed by atoms with van der Waals surface area (Å²) in [5.74, 6) is 0.275. The van der Waals surface area contributed by atoms with Gasteiger partial charge < -0.3 is 4.90 Å². The molecule has 104 valence electrons. The van der Waals surface area contributed by atoms with Gasteiger partial charge in [-0.3, -0.25) is 4.79 Å². The Morgan fingerprint density at radius 2 is 2.20 bits per heavy atom. The van der Waals surface area contributed by atoms with Gasteiger partial charge in [0.25, 0.3) is 0 Å². The van der Waals surface area contributed by atoms with Crippen LogP contribution in [0.1, 0.15) is 0 Å². The van der Waals surface area contributed by atoms with Crippen molar-refractivity contribution in [1.82, 2.24) is 20.2 Å². The third-order valence-corrected chi connectivity index (χ3v) is 3.59. The molecule has 0 aliphatic carbocycles. The summed E-state index contributed by atoms with van der Waals surface area (Å²) >= 11 is 1.31. The van der Waals surface area contributed by atoms with Crippen molar-refractivity contribution in [1.29, 1.82) is 0 Å². The first kappa shape index (κ1) is 14.3. The normalized spacial score (nSPS) is 10.2. The molecule has 0 saturated heterocycles. The van der Waals surface area contributed by atoms with Crippen LogP contribution in [0.3, 0.4) is 0 Å². The number of hydrogen-bond acceptors (Lipinski definition) is 5. The van der Waals surface area contributed by atoms with E-state index in [0.717, 1.165) is 5.69 Å². The smallest absolute Gasteiger partial charge is 0.237 e. The first-order valence-electron chi connectivity index (χ1n) is 6.04. The van der Waals surface area contributed by atoms with E-state index in [1.54, 1.807) is 22.7 Å². The minimum absolute atomic E-state index is 0.00523. The van der Waals surface area contributed by atoms with E-state index in [2.05, 4.69) is 22.1 Å².